The van der Waals surface area contributed by atoms with Crippen molar-refractivity contribution in [3.63, 3.8) is 0 Å². The number of esters is 2. The summed E-state index contributed by atoms with van der Waals surface area (Å²) in [7, 11) is -0.804. The highest BCUT2D eigenvalue weighted by molar-refractivity contribution is 14.1. The minimum Gasteiger partial charge on any atom is -0.482 e. The fourth-order valence-corrected chi connectivity index (χ4v) is 16.8. The molecule has 8 nitrogen and oxygen atoms in total. The van der Waals surface area contributed by atoms with E-state index < -0.39 is 10.9 Å². The van der Waals surface area contributed by atoms with Crippen LogP contribution in [0.3, 0.4) is 0 Å². The molecule has 0 saturated heterocycles. The van der Waals surface area contributed by atoms with Gasteiger partial charge >= 0.3 is 11.9 Å². The summed E-state index contributed by atoms with van der Waals surface area (Å²) in [5.74, 6) is 8.55. The van der Waals surface area contributed by atoms with E-state index in [0.717, 1.165) is 46.3 Å². The van der Waals surface area contributed by atoms with Gasteiger partial charge in [0.05, 0.1) is 0 Å². The summed E-state index contributed by atoms with van der Waals surface area (Å²) in [6.45, 7) is 4.11. The number of hydrogen-bond acceptors (Lipinski definition) is 8. The van der Waals surface area contributed by atoms with Crippen molar-refractivity contribution in [2.45, 2.75) is 104 Å². The second-order valence-corrected chi connectivity index (χ2v) is 24.2. The summed E-state index contributed by atoms with van der Waals surface area (Å²) in [6, 6.07) is 36.4. The Hall–Kier alpha value is -4.68. The lowest BCUT2D eigenvalue weighted by Gasteiger charge is -2.59. The third-order valence-electron chi connectivity index (χ3n) is 16.8. The molecule has 0 spiro atoms. The maximum Gasteiger partial charge on any atom is 0.344 e. The van der Waals surface area contributed by atoms with E-state index in [1.807, 2.05) is 60.7 Å². The van der Waals surface area contributed by atoms with Crippen molar-refractivity contribution in [2.75, 3.05) is 13.2 Å². The summed E-state index contributed by atoms with van der Waals surface area (Å²) in [5.41, 5.74) is 1.49. The number of carbonyl (C=O) groups is 2. The van der Waals surface area contributed by atoms with Gasteiger partial charge < -0.3 is 28.4 Å². The molecule has 1 aliphatic heterocycles. The Morgan fingerprint density at radius 3 is 1.21 bits per heavy atom. The Kier molecular flexibility index (Phi) is 10.9. The molecule has 8 saturated carbocycles. The van der Waals surface area contributed by atoms with Gasteiger partial charge in [-0.3, -0.25) is 0 Å². The number of halogens is 1. The average molecular weight is 1020 g/mol. The third-order valence-corrected chi connectivity index (χ3v) is 20.1. The Labute approximate surface area is 403 Å². The van der Waals surface area contributed by atoms with Crippen molar-refractivity contribution in [1.29, 1.82) is 0 Å². The van der Waals surface area contributed by atoms with Crippen LogP contribution >= 0.6 is 33.5 Å². The van der Waals surface area contributed by atoms with Crippen LogP contribution in [0.4, 0.5) is 0 Å². The Bertz CT molecular complexity index is 2450. The van der Waals surface area contributed by atoms with Gasteiger partial charge in [0.2, 0.25) is 0 Å². The largest absolute Gasteiger partial charge is 0.482 e. The number of hydrogen-bond donors (Lipinski definition) is 1. The van der Waals surface area contributed by atoms with Crippen LogP contribution in [-0.4, -0.2) is 36.4 Å². The summed E-state index contributed by atoms with van der Waals surface area (Å²) >= 11 is 2.36. The first-order valence-corrected chi connectivity index (χ1v) is 26.5. The van der Waals surface area contributed by atoms with Crippen LogP contribution in [0.15, 0.2) is 124 Å². The van der Waals surface area contributed by atoms with Gasteiger partial charge in [-0.2, -0.15) is 10.9 Å². The highest BCUT2D eigenvalue weighted by Gasteiger charge is 2.58. The molecule has 0 aromatic heterocycles. The molecule has 0 radical (unpaired) electrons. The van der Waals surface area contributed by atoms with Crippen LogP contribution in [0.25, 0.3) is 11.1 Å². The highest BCUT2D eigenvalue weighted by Crippen LogP contribution is 2.64. The maximum atomic E-state index is 13.1. The van der Waals surface area contributed by atoms with E-state index in [0.29, 0.717) is 46.7 Å². The predicted molar refractivity (Wildman–Crippen MR) is 262 cm³/mol. The van der Waals surface area contributed by atoms with Crippen LogP contribution in [0.5, 0.6) is 34.5 Å². The molecule has 8 bridgehead atoms. The molecular weight excluding hydrogens is 960 g/mol. The van der Waals surface area contributed by atoms with E-state index in [-0.39, 0.29) is 36.4 Å². The van der Waals surface area contributed by atoms with Gasteiger partial charge in [-0.1, -0.05) is 0 Å². The average Bonchev–Trinajstić information content (AvgIpc) is 3.62. The Morgan fingerprint density at radius 2 is 0.833 bits per heavy atom. The van der Waals surface area contributed by atoms with Gasteiger partial charge in [0, 0.05) is 13.4 Å². The maximum absolute atomic E-state index is 13.1. The second kappa shape index (κ2) is 16.8. The zero-order valence-corrected chi connectivity index (χ0v) is 40.6. The first kappa shape index (κ1) is 42.7. The quantitative estimate of drug-likeness (QED) is 0.0695. The third kappa shape index (κ3) is 7.95. The molecule has 14 rings (SSSR count). The van der Waals surface area contributed by atoms with Gasteiger partial charge in [-0.05, 0) is 273 Å². The lowest BCUT2D eigenvalue weighted by Crippen LogP contribution is -2.58. The lowest BCUT2D eigenvalue weighted by molar-refractivity contribution is -0.205. The van der Waals surface area contributed by atoms with E-state index in [9.17, 15) is 9.59 Å². The molecule has 8 aliphatic carbocycles. The topological polar surface area (TPSA) is 89.5 Å². The molecule has 8 fully saturated rings. The first-order valence-electron chi connectivity index (χ1n) is 24.1. The Balaban J connectivity index is 0.702. The number of fused-ring (bicyclic) bond motifs is 3. The van der Waals surface area contributed by atoms with Crippen molar-refractivity contribution in [3.8, 4) is 45.6 Å². The van der Waals surface area contributed by atoms with Crippen molar-refractivity contribution < 1.29 is 38.0 Å². The lowest BCUT2D eigenvalue weighted by atomic mass is 9.50. The van der Waals surface area contributed by atoms with Gasteiger partial charge in [-0.25, -0.2) is 9.59 Å². The van der Waals surface area contributed by atoms with Crippen LogP contribution < -0.4 is 18.9 Å². The normalized spacial score (nSPS) is 32.0. The molecule has 5 aromatic carbocycles. The SMILES string of the molecule is CC1(OC(=O)COc2ccc(Oc3ccc4c(c3)-c3cc(Oc5ccc(OCC(=O)OC6(C)C7CC8CC(C7)CC6C8)cc5)ccc3[SH]4c3ccc(I)cc3)cc2)C2CC3CC(C2)CC1C3. The van der Waals surface area contributed by atoms with E-state index >= 15 is 0 Å². The van der Waals surface area contributed by atoms with Crippen molar-refractivity contribution >= 4 is 45.4 Å². The molecule has 0 N–H and O–H groups in total. The monoisotopic (exact) mass is 1020 g/mol. The zero-order valence-electron chi connectivity index (χ0n) is 37.6. The number of rotatable bonds is 13. The molecule has 66 heavy (non-hydrogen) atoms. The zero-order chi connectivity index (χ0) is 44.7. The van der Waals surface area contributed by atoms with Gasteiger partial charge in [0.25, 0.3) is 0 Å². The summed E-state index contributed by atoms with van der Waals surface area (Å²) < 4.78 is 38.4. The Morgan fingerprint density at radius 1 is 0.485 bits per heavy atom. The number of ether oxygens (including phenoxy) is 6. The van der Waals surface area contributed by atoms with Gasteiger partial charge in [-0.15, -0.1) is 0 Å². The van der Waals surface area contributed by atoms with Gasteiger partial charge in [0.15, 0.2) is 13.2 Å². The van der Waals surface area contributed by atoms with Crippen molar-refractivity contribution in [1.82, 2.24) is 0 Å². The molecular formula is C56H57IO8S. The summed E-state index contributed by atoms with van der Waals surface area (Å²) in [6.07, 6.45) is 12.2. The predicted octanol–water partition coefficient (Wildman–Crippen LogP) is 13.6. The minimum atomic E-state index is -0.804. The first-order chi connectivity index (χ1) is 32.0. The molecule has 0 amide bonds. The molecule has 5 aromatic rings. The van der Waals surface area contributed by atoms with Crippen LogP contribution in [0.1, 0.15) is 78.1 Å². The summed E-state index contributed by atoms with van der Waals surface area (Å²) in [5, 5.41) is 0. The van der Waals surface area contributed by atoms with Crippen molar-refractivity contribution in [2.24, 2.45) is 47.3 Å². The van der Waals surface area contributed by atoms with Crippen LogP contribution in [0, 0.1) is 50.9 Å². The van der Waals surface area contributed by atoms with Gasteiger partial charge in [0.1, 0.15) is 45.7 Å². The van der Waals surface area contributed by atoms with E-state index in [2.05, 4.69) is 85.0 Å². The summed E-state index contributed by atoms with van der Waals surface area (Å²) in [4.78, 5) is 30.0. The van der Waals surface area contributed by atoms with Crippen molar-refractivity contribution in [3.05, 3.63) is 113 Å². The smallest absolute Gasteiger partial charge is 0.344 e. The number of thiol groups is 1. The molecule has 342 valence electrons. The fraction of sp³-hybridized carbons (Fsp3) is 0.429. The van der Waals surface area contributed by atoms with E-state index in [1.54, 1.807) is 0 Å². The van der Waals surface area contributed by atoms with Crippen LogP contribution in [0.2, 0.25) is 0 Å². The highest BCUT2D eigenvalue weighted by atomic mass is 127. The molecule has 9 aliphatic rings. The minimum absolute atomic E-state index is 0.111. The number of benzene rings is 5. The van der Waals surface area contributed by atoms with E-state index in [4.69, 9.17) is 28.4 Å². The molecule has 0 atom stereocenters. The molecule has 0 unspecified atom stereocenters. The molecule has 10 heteroatoms. The standard InChI is InChI=1S/C56H57IO8S/c1-55(37-21-33-19-34(23-37)24-38(55)22-33)64-53(58)31-60-42-5-9-44(10-6-42)62-46-13-17-51-49(29-46)50-30-47(14-18-52(50)66(51)48-15-3-41(57)4-16-48)63-45-11-7-43(8-12-45)61-32-54(59)65-56(2)39-25-35-20-36(27-39)28-40(56)26-35/h3-18,29-30,33-40,66H,19-28,31-32H2,1-2H3. The fourth-order valence-electron chi connectivity index (χ4n) is 13.9. The van der Waals surface area contributed by atoms with Crippen LogP contribution in [-0.2, 0) is 19.1 Å². The van der Waals surface area contributed by atoms with E-state index in [1.165, 1.54) is 82.5 Å². The number of carbonyl (C=O) groups excluding carboxylic acids is 2. The second-order valence-electron chi connectivity index (χ2n) is 20.8. The molecule has 1 heterocycles.